The molecule has 0 saturated carbocycles. The van der Waals surface area contributed by atoms with Gasteiger partial charge in [0.15, 0.2) is 23.0 Å². The summed E-state index contributed by atoms with van der Waals surface area (Å²) in [7, 11) is 3.11. The summed E-state index contributed by atoms with van der Waals surface area (Å²) in [6.45, 7) is 1.48. The average molecular weight is 455 g/mol. The Morgan fingerprint density at radius 1 is 1.08 bits per heavy atom. The van der Waals surface area contributed by atoms with Crippen LogP contribution in [0.1, 0.15) is 15.9 Å². The zero-order chi connectivity index (χ0) is 17.8. The van der Waals surface area contributed by atoms with E-state index in [-0.39, 0.29) is 5.91 Å². The Bertz CT molecular complexity index is 793. The maximum atomic E-state index is 12.5. The van der Waals surface area contributed by atoms with Crippen LogP contribution in [0.4, 0.5) is 0 Å². The number of benzene rings is 2. The van der Waals surface area contributed by atoms with Crippen LogP contribution in [0.5, 0.6) is 23.0 Å². The van der Waals surface area contributed by atoms with Gasteiger partial charge in [0, 0.05) is 10.1 Å². The summed E-state index contributed by atoms with van der Waals surface area (Å²) in [5, 5.41) is 2.92. The molecule has 0 bridgehead atoms. The number of carbonyl (C=O) groups is 1. The number of nitrogens with one attached hydrogen (secondary N) is 1. The first-order valence-electron chi connectivity index (χ1n) is 7.70. The van der Waals surface area contributed by atoms with E-state index in [0.717, 1.165) is 14.9 Å². The molecule has 3 rings (SSSR count). The monoisotopic (exact) mass is 455 g/mol. The molecule has 132 valence electrons. The molecular formula is C18H18INO5. The number of rotatable bonds is 5. The van der Waals surface area contributed by atoms with Crippen LogP contribution >= 0.6 is 22.6 Å². The van der Waals surface area contributed by atoms with Crippen LogP contribution in [0.2, 0.25) is 0 Å². The molecule has 0 atom stereocenters. The second-order valence-corrected chi connectivity index (χ2v) is 6.51. The topological polar surface area (TPSA) is 66.0 Å². The number of halogens is 1. The van der Waals surface area contributed by atoms with Crippen LogP contribution in [-0.4, -0.2) is 33.3 Å². The molecule has 1 N–H and O–H groups in total. The minimum absolute atomic E-state index is 0.180. The van der Waals surface area contributed by atoms with Crippen molar-refractivity contribution in [3.05, 3.63) is 45.0 Å². The highest BCUT2D eigenvalue weighted by Crippen LogP contribution is 2.32. The maximum absolute atomic E-state index is 12.5. The predicted molar refractivity (Wildman–Crippen MR) is 101 cm³/mol. The third kappa shape index (κ3) is 3.92. The number of ether oxygens (including phenoxy) is 4. The molecule has 7 heteroatoms. The van der Waals surface area contributed by atoms with Gasteiger partial charge in [-0.15, -0.1) is 0 Å². The van der Waals surface area contributed by atoms with Crippen molar-refractivity contribution in [2.45, 2.75) is 6.54 Å². The third-order valence-electron chi connectivity index (χ3n) is 3.78. The quantitative estimate of drug-likeness (QED) is 0.703. The average Bonchev–Trinajstić information content (AvgIpc) is 2.65. The molecular weight excluding hydrogens is 437 g/mol. The summed E-state index contributed by atoms with van der Waals surface area (Å²) in [6.07, 6.45) is 0. The molecule has 1 aliphatic rings. The smallest absolute Gasteiger partial charge is 0.252 e. The van der Waals surface area contributed by atoms with E-state index in [1.165, 1.54) is 0 Å². The van der Waals surface area contributed by atoms with Crippen molar-refractivity contribution in [2.75, 3.05) is 27.4 Å². The lowest BCUT2D eigenvalue weighted by atomic mass is 10.1. The first kappa shape index (κ1) is 17.7. The molecule has 0 radical (unpaired) electrons. The summed E-state index contributed by atoms with van der Waals surface area (Å²) < 4.78 is 22.4. The third-order valence-corrected chi connectivity index (χ3v) is 4.67. The van der Waals surface area contributed by atoms with E-state index in [2.05, 4.69) is 27.9 Å². The summed E-state index contributed by atoms with van der Waals surface area (Å²) in [4.78, 5) is 12.5. The van der Waals surface area contributed by atoms with Gasteiger partial charge in [-0.25, -0.2) is 0 Å². The summed E-state index contributed by atoms with van der Waals surface area (Å²) in [6, 6.07) is 9.11. The first-order chi connectivity index (χ1) is 12.1. The summed E-state index contributed by atoms with van der Waals surface area (Å²) in [5.41, 5.74) is 1.48. The molecule has 1 aliphatic heterocycles. The zero-order valence-corrected chi connectivity index (χ0v) is 16.1. The van der Waals surface area contributed by atoms with Crippen molar-refractivity contribution < 1.29 is 23.7 Å². The standard InChI is InChI=1S/C18H18INO5/c1-22-15-8-12(13(19)9-16(15)23-2)18(21)20-10-11-3-4-14-17(7-11)25-6-5-24-14/h3-4,7-9H,5-6,10H2,1-2H3,(H,20,21). The van der Waals surface area contributed by atoms with Crippen LogP contribution < -0.4 is 24.3 Å². The van der Waals surface area contributed by atoms with Crippen LogP contribution in [-0.2, 0) is 6.54 Å². The number of carbonyl (C=O) groups excluding carboxylic acids is 1. The number of fused-ring (bicyclic) bond motifs is 1. The van der Waals surface area contributed by atoms with Gasteiger partial charge < -0.3 is 24.3 Å². The van der Waals surface area contributed by atoms with E-state index < -0.39 is 0 Å². The van der Waals surface area contributed by atoms with Gasteiger partial charge in [-0.2, -0.15) is 0 Å². The minimum Gasteiger partial charge on any atom is -0.493 e. The minimum atomic E-state index is -0.180. The highest BCUT2D eigenvalue weighted by atomic mass is 127. The van der Waals surface area contributed by atoms with Gasteiger partial charge in [-0.3, -0.25) is 4.79 Å². The van der Waals surface area contributed by atoms with Crippen molar-refractivity contribution in [2.24, 2.45) is 0 Å². The van der Waals surface area contributed by atoms with E-state index in [1.807, 2.05) is 18.2 Å². The number of hydrogen-bond donors (Lipinski definition) is 1. The Labute approximate surface area is 159 Å². The predicted octanol–water partition coefficient (Wildman–Crippen LogP) is 3.01. The largest absolute Gasteiger partial charge is 0.493 e. The highest BCUT2D eigenvalue weighted by molar-refractivity contribution is 14.1. The van der Waals surface area contributed by atoms with Gasteiger partial charge in [0.2, 0.25) is 0 Å². The van der Waals surface area contributed by atoms with Crippen molar-refractivity contribution in [1.82, 2.24) is 5.32 Å². The molecule has 0 unspecified atom stereocenters. The summed E-state index contributed by atoms with van der Waals surface area (Å²) in [5.74, 6) is 2.37. The molecule has 2 aromatic carbocycles. The van der Waals surface area contributed by atoms with E-state index in [9.17, 15) is 4.79 Å². The molecule has 25 heavy (non-hydrogen) atoms. The van der Waals surface area contributed by atoms with Gasteiger partial charge in [0.05, 0.1) is 19.8 Å². The van der Waals surface area contributed by atoms with E-state index in [1.54, 1.807) is 26.4 Å². The van der Waals surface area contributed by atoms with Crippen LogP contribution in [0, 0.1) is 3.57 Å². The second kappa shape index (κ2) is 7.81. The van der Waals surface area contributed by atoms with Gasteiger partial charge in [0.1, 0.15) is 13.2 Å². The van der Waals surface area contributed by atoms with Crippen molar-refractivity contribution in [3.8, 4) is 23.0 Å². The normalized spacial score (nSPS) is 12.4. The number of methoxy groups -OCH3 is 2. The Morgan fingerprint density at radius 3 is 2.48 bits per heavy atom. The fraction of sp³-hybridized carbons (Fsp3) is 0.278. The van der Waals surface area contributed by atoms with Gasteiger partial charge in [-0.05, 0) is 52.4 Å². The molecule has 6 nitrogen and oxygen atoms in total. The lowest BCUT2D eigenvalue weighted by Gasteiger charge is -2.19. The molecule has 0 aliphatic carbocycles. The van der Waals surface area contributed by atoms with Crippen molar-refractivity contribution >= 4 is 28.5 Å². The first-order valence-corrected chi connectivity index (χ1v) is 8.78. The fourth-order valence-electron chi connectivity index (χ4n) is 2.50. The Balaban J connectivity index is 1.72. The Morgan fingerprint density at radius 2 is 1.76 bits per heavy atom. The van der Waals surface area contributed by atoms with Crippen molar-refractivity contribution in [3.63, 3.8) is 0 Å². The molecule has 1 heterocycles. The van der Waals surface area contributed by atoms with E-state index in [4.69, 9.17) is 18.9 Å². The molecule has 2 aromatic rings. The number of amides is 1. The van der Waals surface area contributed by atoms with E-state index >= 15 is 0 Å². The second-order valence-electron chi connectivity index (χ2n) is 5.35. The molecule has 0 fully saturated rings. The molecule has 0 aromatic heterocycles. The summed E-state index contributed by atoms with van der Waals surface area (Å²) >= 11 is 2.11. The van der Waals surface area contributed by atoms with E-state index in [0.29, 0.717) is 42.6 Å². The zero-order valence-electron chi connectivity index (χ0n) is 13.9. The van der Waals surface area contributed by atoms with Crippen molar-refractivity contribution in [1.29, 1.82) is 0 Å². The highest BCUT2D eigenvalue weighted by Gasteiger charge is 2.16. The Hall–Kier alpha value is -2.16. The van der Waals surface area contributed by atoms with Gasteiger partial charge in [-0.1, -0.05) is 6.07 Å². The fourth-order valence-corrected chi connectivity index (χ4v) is 3.19. The molecule has 1 amide bonds. The van der Waals surface area contributed by atoms with Gasteiger partial charge >= 0.3 is 0 Å². The molecule has 0 spiro atoms. The number of hydrogen-bond acceptors (Lipinski definition) is 5. The molecule has 0 saturated heterocycles. The lowest BCUT2D eigenvalue weighted by molar-refractivity contribution is 0.0949. The van der Waals surface area contributed by atoms with Crippen LogP contribution in [0.15, 0.2) is 30.3 Å². The van der Waals surface area contributed by atoms with Crippen LogP contribution in [0.3, 0.4) is 0 Å². The lowest BCUT2D eigenvalue weighted by Crippen LogP contribution is -2.24. The van der Waals surface area contributed by atoms with Crippen LogP contribution in [0.25, 0.3) is 0 Å². The van der Waals surface area contributed by atoms with Gasteiger partial charge in [0.25, 0.3) is 5.91 Å². The maximum Gasteiger partial charge on any atom is 0.252 e. The Kier molecular flexibility index (Phi) is 5.52. The SMILES string of the molecule is COc1cc(I)c(C(=O)NCc2ccc3c(c2)OCCO3)cc1OC.